The molecule has 1 saturated heterocycles. The van der Waals surface area contributed by atoms with E-state index in [0.29, 0.717) is 12.3 Å². The average Bonchev–Trinajstić information content (AvgIpc) is 3.41. The predicted molar refractivity (Wildman–Crippen MR) is 150 cm³/mol. The topological polar surface area (TPSA) is 243 Å². The fourth-order valence-electron chi connectivity index (χ4n) is 4.33. The molecule has 5 rings (SSSR count). The molecule has 0 spiro atoms. The molecule has 3 atom stereocenters. The Hall–Kier alpha value is -4.88. The maximum atomic E-state index is 13.6. The highest BCUT2D eigenvalue weighted by atomic mass is 32.2. The summed E-state index contributed by atoms with van der Waals surface area (Å²) in [6.07, 6.45) is 3.45. The Bertz CT molecular complexity index is 1740. The van der Waals surface area contributed by atoms with Gasteiger partial charge < -0.3 is 31.8 Å². The number of aromatic nitrogens is 4. The van der Waals surface area contributed by atoms with Gasteiger partial charge in [-0.05, 0) is 6.07 Å². The molecule has 42 heavy (non-hydrogen) atoms. The molecule has 2 aliphatic heterocycles. The first-order valence-corrected chi connectivity index (χ1v) is 14.0. The minimum Gasteiger partial charge on any atom is -0.503 e. The van der Waals surface area contributed by atoms with Crippen molar-refractivity contribution in [3.8, 4) is 5.75 Å². The van der Waals surface area contributed by atoms with Crippen LogP contribution in [0.4, 0.5) is 5.13 Å². The molecule has 16 nitrogen and oxygen atoms in total. The zero-order valence-corrected chi connectivity index (χ0v) is 23.3. The summed E-state index contributed by atoms with van der Waals surface area (Å²) in [7, 11) is 0. The first kappa shape index (κ1) is 28.6. The number of amides is 3. The van der Waals surface area contributed by atoms with Crippen LogP contribution in [0.1, 0.15) is 28.0 Å². The summed E-state index contributed by atoms with van der Waals surface area (Å²) in [6, 6.07) is 0.588. The number of fused-ring (bicyclic) bond motifs is 1. The number of hydrogen-bond acceptors (Lipinski definition) is 14. The number of aliphatic carboxylic acids is 1. The summed E-state index contributed by atoms with van der Waals surface area (Å²) < 4.78 is 0.189. The van der Waals surface area contributed by atoms with Crippen LogP contribution in [0, 0.1) is 0 Å². The SMILES string of the molecule is Nc1nc(C(NC(=O)c2cc(=O)c(O)cn2O)C(=O)N[C@@]2(C=S)C(=O)N3C(C(=O)O)=C(c4ncccn4)CS[C@@H]32)cs1. The number of pyridine rings is 1. The quantitative estimate of drug-likeness (QED) is 0.103. The zero-order valence-electron chi connectivity index (χ0n) is 20.8. The van der Waals surface area contributed by atoms with Gasteiger partial charge in [0.1, 0.15) is 16.8 Å². The maximum Gasteiger partial charge on any atom is 0.353 e. The highest BCUT2D eigenvalue weighted by molar-refractivity contribution is 8.00. The van der Waals surface area contributed by atoms with Crippen LogP contribution in [0.5, 0.6) is 5.75 Å². The number of thiazole rings is 1. The molecule has 5 heterocycles. The molecule has 0 radical (unpaired) electrons. The van der Waals surface area contributed by atoms with Gasteiger partial charge in [0.25, 0.3) is 11.8 Å². The number of aromatic hydroxyl groups is 1. The van der Waals surface area contributed by atoms with E-state index in [4.69, 9.17) is 18.0 Å². The molecule has 19 heteroatoms. The molecular weight excluding hydrogens is 613 g/mol. The van der Waals surface area contributed by atoms with Gasteiger partial charge in [-0.15, -0.1) is 23.1 Å². The van der Waals surface area contributed by atoms with Crippen LogP contribution >= 0.6 is 35.3 Å². The Kier molecular flexibility index (Phi) is 7.39. The normalized spacial score (nSPS) is 20.2. The third-order valence-electron chi connectivity index (χ3n) is 6.28. The largest absolute Gasteiger partial charge is 0.503 e. The number of carboxylic acids is 1. The van der Waals surface area contributed by atoms with Crippen molar-refractivity contribution in [3.63, 3.8) is 0 Å². The summed E-state index contributed by atoms with van der Waals surface area (Å²) in [5.41, 5.74) is 2.07. The van der Waals surface area contributed by atoms with E-state index < -0.39 is 57.5 Å². The minimum atomic E-state index is -1.86. The molecule has 0 bridgehead atoms. The second-order valence-electron chi connectivity index (χ2n) is 8.79. The standard InChI is InChI=1S/C23H18N8O8S3/c24-22-27-10(7-42-22)14(28-17(34)11-4-12(32)13(33)5-30(11)39)18(35)29-23(8-40)20(38)31-15(19(36)37)9(6-41-21(23)31)16-25-2-1-3-26-16/h1-5,7-8,14,21,33,39H,6H2,(H2,24,27)(H,28,34)(H,29,35)(H,36,37)/t14?,21-,23+/m1/s1. The van der Waals surface area contributed by atoms with E-state index in [2.05, 4.69) is 25.6 Å². The summed E-state index contributed by atoms with van der Waals surface area (Å²) in [6.45, 7) is 0. The Morgan fingerprint density at radius 1 is 1.26 bits per heavy atom. The van der Waals surface area contributed by atoms with Gasteiger partial charge in [-0.1, -0.05) is 12.2 Å². The number of thiocarbonyl (C=S) groups is 1. The highest BCUT2D eigenvalue weighted by Crippen LogP contribution is 2.47. The molecule has 0 saturated carbocycles. The first-order chi connectivity index (χ1) is 20.0. The van der Waals surface area contributed by atoms with Crippen LogP contribution in [-0.4, -0.2) is 85.7 Å². The number of β-lactam (4-membered cyclic amide) rings is 1. The fourth-order valence-corrected chi connectivity index (χ4v) is 6.73. The Labute approximate surface area is 247 Å². The molecule has 2 aliphatic rings. The number of anilines is 1. The second kappa shape index (κ2) is 10.8. The lowest BCUT2D eigenvalue weighted by Gasteiger charge is -2.55. The zero-order chi connectivity index (χ0) is 30.3. The van der Waals surface area contributed by atoms with Gasteiger partial charge >= 0.3 is 5.97 Å². The second-order valence-corrected chi connectivity index (χ2v) is 11.0. The summed E-state index contributed by atoms with van der Waals surface area (Å²) >= 11 is 7.21. The lowest BCUT2D eigenvalue weighted by molar-refractivity contribution is -0.154. The number of carbonyl (C=O) groups excluding carboxylic acids is 3. The van der Waals surface area contributed by atoms with Gasteiger partial charge in [-0.25, -0.2) is 19.7 Å². The Balaban J connectivity index is 1.46. The van der Waals surface area contributed by atoms with Gasteiger partial charge in [-0.2, -0.15) is 4.73 Å². The van der Waals surface area contributed by atoms with Crippen LogP contribution in [0.25, 0.3) is 5.57 Å². The Morgan fingerprint density at radius 3 is 2.60 bits per heavy atom. The lowest BCUT2D eigenvalue weighted by Crippen LogP contribution is -2.80. The number of nitrogens with one attached hydrogen (secondary N) is 2. The van der Waals surface area contributed by atoms with Crippen molar-refractivity contribution < 1.29 is 34.6 Å². The van der Waals surface area contributed by atoms with Crippen LogP contribution in [0.15, 0.2) is 46.6 Å². The third kappa shape index (κ3) is 4.72. The van der Waals surface area contributed by atoms with Crippen LogP contribution in [-0.2, 0) is 14.4 Å². The molecule has 7 N–H and O–H groups in total. The van der Waals surface area contributed by atoms with Gasteiger partial charge in [0.2, 0.25) is 11.3 Å². The minimum absolute atomic E-state index is 0.0388. The molecule has 1 unspecified atom stereocenters. The van der Waals surface area contributed by atoms with Gasteiger partial charge in [-0.3, -0.25) is 24.1 Å². The molecule has 3 aromatic heterocycles. The van der Waals surface area contributed by atoms with Gasteiger partial charge in [0.05, 0.1) is 11.9 Å². The molecule has 3 amide bonds. The third-order valence-corrected chi connectivity index (χ3v) is 8.70. The van der Waals surface area contributed by atoms with Gasteiger partial charge in [0, 0.05) is 40.5 Å². The summed E-state index contributed by atoms with van der Waals surface area (Å²) in [5.74, 6) is -4.99. The number of carbonyl (C=O) groups is 4. The first-order valence-electron chi connectivity index (χ1n) is 11.6. The molecular formula is C23H18N8O8S3. The van der Waals surface area contributed by atoms with E-state index in [0.717, 1.165) is 33.4 Å². The van der Waals surface area contributed by atoms with E-state index in [1.807, 2.05) is 0 Å². The number of nitrogens with zero attached hydrogens (tertiary/aromatic N) is 5. The number of hydrogen-bond donors (Lipinski definition) is 6. The lowest BCUT2D eigenvalue weighted by atomic mass is 9.87. The van der Waals surface area contributed by atoms with E-state index in [1.54, 1.807) is 6.07 Å². The molecule has 0 aliphatic carbocycles. The van der Waals surface area contributed by atoms with Crippen molar-refractivity contribution in [2.75, 3.05) is 11.5 Å². The number of nitrogens with two attached hydrogens (primary N) is 1. The van der Waals surface area contributed by atoms with Gasteiger partial charge in [0.15, 0.2) is 28.3 Å². The number of carboxylic acid groups (broad SMARTS) is 1. The summed E-state index contributed by atoms with van der Waals surface area (Å²) in [5, 5.41) is 35.8. The van der Waals surface area contributed by atoms with Crippen molar-refractivity contribution >= 4 is 75.1 Å². The van der Waals surface area contributed by atoms with E-state index in [9.17, 15) is 39.4 Å². The van der Waals surface area contributed by atoms with Crippen molar-refractivity contribution in [1.82, 2.24) is 35.2 Å². The van der Waals surface area contributed by atoms with E-state index in [-0.39, 0.29) is 38.4 Å². The van der Waals surface area contributed by atoms with E-state index in [1.165, 1.54) is 17.8 Å². The summed E-state index contributed by atoms with van der Waals surface area (Å²) in [4.78, 5) is 77.5. The Morgan fingerprint density at radius 2 is 1.98 bits per heavy atom. The highest BCUT2D eigenvalue weighted by Gasteiger charge is 2.65. The number of nitrogen functional groups attached to an aromatic ring is 1. The van der Waals surface area contributed by atoms with Crippen molar-refractivity contribution in [3.05, 3.63) is 69.2 Å². The van der Waals surface area contributed by atoms with Crippen LogP contribution < -0.4 is 21.8 Å². The molecule has 3 aromatic rings. The molecule has 216 valence electrons. The monoisotopic (exact) mass is 630 g/mol. The van der Waals surface area contributed by atoms with Crippen molar-refractivity contribution in [2.45, 2.75) is 17.0 Å². The maximum absolute atomic E-state index is 13.6. The van der Waals surface area contributed by atoms with E-state index >= 15 is 0 Å². The smallest absolute Gasteiger partial charge is 0.353 e. The number of thioether (sulfide) groups is 1. The molecule has 1 fully saturated rings. The molecule has 0 aromatic carbocycles. The fraction of sp³-hybridized carbons (Fsp3) is 0.174. The van der Waals surface area contributed by atoms with Crippen molar-refractivity contribution in [2.24, 2.45) is 0 Å². The van der Waals surface area contributed by atoms with Crippen LogP contribution in [0.3, 0.4) is 0 Å². The number of rotatable bonds is 8. The average molecular weight is 631 g/mol. The van der Waals surface area contributed by atoms with Crippen molar-refractivity contribution in [1.29, 1.82) is 0 Å². The van der Waals surface area contributed by atoms with Crippen LogP contribution in [0.2, 0.25) is 0 Å². The predicted octanol–water partition coefficient (Wildman–Crippen LogP) is -0.643.